The fraction of sp³-hybridized carbons (Fsp3) is 0.357. The maximum absolute atomic E-state index is 6.22. The zero-order valence-electron chi connectivity index (χ0n) is 11.5. The summed E-state index contributed by atoms with van der Waals surface area (Å²) in [6.45, 7) is 3.95. The first kappa shape index (κ1) is 15.2. The quantitative estimate of drug-likeness (QED) is 0.888. The zero-order chi connectivity index (χ0) is 14.5. The molecule has 1 aromatic carbocycles. The Balaban J connectivity index is 2.12. The summed E-state index contributed by atoms with van der Waals surface area (Å²) in [5.41, 5.74) is 0.955. The molecular formula is C14H17Cl2N3O. The van der Waals surface area contributed by atoms with E-state index in [1.165, 1.54) is 0 Å². The third kappa shape index (κ3) is 3.45. The average molecular weight is 314 g/mol. The fourth-order valence-corrected chi connectivity index (χ4v) is 2.18. The number of benzene rings is 1. The van der Waals surface area contributed by atoms with Crippen molar-refractivity contribution in [1.29, 1.82) is 0 Å². The lowest BCUT2D eigenvalue weighted by molar-refractivity contribution is 0.288. The van der Waals surface area contributed by atoms with E-state index < -0.39 is 0 Å². The smallest absolute Gasteiger partial charge is 0.147 e. The normalized spacial score (nSPS) is 10.8. The second kappa shape index (κ2) is 6.97. The van der Waals surface area contributed by atoms with Crippen molar-refractivity contribution in [1.82, 2.24) is 14.9 Å². The van der Waals surface area contributed by atoms with Gasteiger partial charge in [-0.2, -0.15) is 0 Å². The molecule has 0 saturated carbocycles. The van der Waals surface area contributed by atoms with Gasteiger partial charge in [-0.3, -0.25) is 0 Å². The number of imidazole rings is 1. The van der Waals surface area contributed by atoms with Crippen LogP contribution in [0.1, 0.15) is 18.3 Å². The van der Waals surface area contributed by atoms with Crippen LogP contribution in [-0.2, 0) is 20.2 Å². The molecule has 0 spiro atoms. The Morgan fingerprint density at radius 1 is 1.35 bits per heavy atom. The molecule has 108 valence electrons. The minimum absolute atomic E-state index is 0.350. The molecule has 1 aromatic heterocycles. The van der Waals surface area contributed by atoms with Gasteiger partial charge in [-0.1, -0.05) is 36.2 Å². The minimum atomic E-state index is 0.350. The van der Waals surface area contributed by atoms with E-state index in [-0.39, 0.29) is 0 Å². The molecule has 2 rings (SSSR count). The third-order valence-corrected chi connectivity index (χ3v) is 3.72. The molecule has 20 heavy (non-hydrogen) atoms. The van der Waals surface area contributed by atoms with Gasteiger partial charge in [-0.15, -0.1) is 0 Å². The Kier molecular flexibility index (Phi) is 5.29. The van der Waals surface area contributed by atoms with Gasteiger partial charge < -0.3 is 14.6 Å². The minimum Gasteiger partial charge on any atom is -0.485 e. The van der Waals surface area contributed by atoms with Crippen LogP contribution in [0.4, 0.5) is 0 Å². The van der Waals surface area contributed by atoms with Gasteiger partial charge in [0.25, 0.3) is 0 Å². The lowest BCUT2D eigenvalue weighted by Crippen LogP contribution is -2.13. The number of rotatable bonds is 6. The Morgan fingerprint density at radius 3 is 2.80 bits per heavy atom. The first-order valence-electron chi connectivity index (χ1n) is 6.40. The molecule has 0 saturated heterocycles. The highest BCUT2D eigenvalue weighted by molar-refractivity contribution is 6.31. The van der Waals surface area contributed by atoms with E-state index in [0.29, 0.717) is 23.3 Å². The lowest BCUT2D eigenvalue weighted by Gasteiger charge is -2.13. The monoisotopic (exact) mass is 313 g/mol. The molecule has 1 heterocycles. The van der Waals surface area contributed by atoms with Crippen LogP contribution in [0.3, 0.4) is 0 Å². The van der Waals surface area contributed by atoms with Crippen molar-refractivity contribution < 1.29 is 4.74 Å². The first-order chi connectivity index (χ1) is 9.63. The molecule has 0 fully saturated rings. The molecule has 0 radical (unpaired) electrons. The maximum atomic E-state index is 6.22. The topological polar surface area (TPSA) is 39.1 Å². The number of halogens is 2. The molecule has 2 aromatic rings. The molecule has 0 aliphatic heterocycles. The number of nitrogens with zero attached hydrogens (tertiary/aromatic N) is 2. The summed E-state index contributed by atoms with van der Waals surface area (Å²) in [7, 11) is 1.85. The molecule has 4 nitrogen and oxygen atoms in total. The van der Waals surface area contributed by atoms with Crippen LogP contribution in [0, 0.1) is 0 Å². The fourth-order valence-electron chi connectivity index (χ4n) is 1.80. The summed E-state index contributed by atoms with van der Waals surface area (Å²) in [6, 6.07) is 5.64. The first-order valence-corrected chi connectivity index (χ1v) is 7.16. The second-order valence-corrected chi connectivity index (χ2v) is 5.14. The van der Waals surface area contributed by atoms with Gasteiger partial charge in [0, 0.05) is 24.2 Å². The van der Waals surface area contributed by atoms with Crippen molar-refractivity contribution in [2.75, 3.05) is 6.54 Å². The molecule has 0 aliphatic carbocycles. The number of aromatic nitrogens is 2. The largest absolute Gasteiger partial charge is 0.485 e. The number of hydrogen-bond donors (Lipinski definition) is 1. The van der Waals surface area contributed by atoms with E-state index in [9.17, 15) is 0 Å². The van der Waals surface area contributed by atoms with E-state index in [2.05, 4.69) is 10.3 Å². The van der Waals surface area contributed by atoms with Gasteiger partial charge >= 0.3 is 0 Å². The van der Waals surface area contributed by atoms with Crippen LogP contribution in [0.15, 0.2) is 24.4 Å². The van der Waals surface area contributed by atoms with Crippen LogP contribution >= 0.6 is 23.2 Å². The lowest BCUT2D eigenvalue weighted by atomic mass is 10.2. The Bertz CT molecular complexity index is 584. The summed E-state index contributed by atoms with van der Waals surface area (Å²) in [5.74, 6) is 1.53. The highest BCUT2D eigenvalue weighted by Crippen LogP contribution is 2.27. The van der Waals surface area contributed by atoms with E-state index in [1.807, 2.05) is 32.2 Å². The van der Waals surface area contributed by atoms with E-state index in [1.54, 1.807) is 10.8 Å². The summed E-state index contributed by atoms with van der Waals surface area (Å²) >= 11 is 12.2. The van der Waals surface area contributed by atoms with Gasteiger partial charge in [-0.25, -0.2) is 4.98 Å². The van der Waals surface area contributed by atoms with Crippen molar-refractivity contribution in [2.45, 2.75) is 20.1 Å². The number of hydrogen-bond acceptors (Lipinski definition) is 3. The molecule has 6 heteroatoms. The van der Waals surface area contributed by atoms with Crippen molar-refractivity contribution in [2.24, 2.45) is 7.05 Å². The van der Waals surface area contributed by atoms with Crippen molar-refractivity contribution in [3.63, 3.8) is 0 Å². The predicted molar refractivity (Wildman–Crippen MR) is 81.4 cm³/mol. The number of nitrogens with one attached hydrogen (secondary N) is 1. The molecule has 0 unspecified atom stereocenters. The Morgan fingerprint density at radius 2 is 2.15 bits per heavy atom. The van der Waals surface area contributed by atoms with Gasteiger partial charge in [0.05, 0.1) is 6.20 Å². The van der Waals surface area contributed by atoms with E-state index in [4.69, 9.17) is 27.9 Å². The van der Waals surface area contributed by atoms with Gasteiger partial charge in [0.1, 0.15) is 23.3 Å². The highest BCUT2D eigenvalue weighted by atomic mass is 35.5. The van der Waals surface area contributed by atoms with Crippen LogP contribution in [0.2, 0.25) is 10.2 Å². The Hall–Kier alpha value is -1.23. The van der Waals surface area contributed by atoms with Crippen molar-refractivity contribution in [3.8, 4) is 5.75 Å². The molecular weight excluding hydrogens is 297 g/mol. The molecule has 0 atom stereocenters. The van der Waals surface area contributed by atoms with Crippen LogP contribution in [-0.4, -0.2) is 16.1 Å². The van der Waals surface area contributed by atoms with Gasteiger partial charge in [0.2, 0.25) is 0 Å². The zero-order valence-corrected chi connectivity index (χ0v) is 13.0. The van der Waals surface area contributed by atoms with Crippen molar-refractivity contribution >= 4 is 23.2 Å². The van der Waals surface area contributed by atoms with Crippen LogP contribution in [0.5, 0.6) is 5.75 Å². The summed E-state index contributed by atoms with van der Waals surface area (Å²) in [6.07, 6.45) is 1.61. The Labute approximate surface area is 128 Å². The maximum Gasteiger partial charge on any atom is 0.147 e. The highest BCUT2D eigenvalue weighted by Gasteiger charge is 2.10. The third-order valence-electron chi connectivity index (χ3n) is 3.01. The molecule has 1 N–H and O–H groups in total. The SMILES string of the molecule is CCNCc1c(Cl)cccc1OCc1ncc(Cl)n1C. The number of ether oxygens (including phenoxy) is 1. The van der Waals surface area contributed by atoms with Crippen molar-refractivity contribution in [3.05, 3.63) is 46.0 Å². The average Bonchev–Trinajstić information content (AvgIpc) is 2.75. The predicted octanol–water partition coefficient (Wildman–Crippen LogP) is 3.42. The summed E-state index contributed by atoms with van der Waals surface area (Å²) < 4.78 is 7.62. The standard InChI is InChI=1S/C14H17Cl2N3O/c1-3-17-7-10-11(15)5-4-6-12(10)20-9-14-18-8-13(16)19(14)2/h4-6,8,17H,3,7,9H2,1-2H3. The second-order valence-electron chi connectivity index (χ2n) is 4.34. The van der Waals surface area contributed by atoms with E-state index >= 15 is 0 Å². The molecule has 0 amide bonds. The summed E-state index contributed by atoms with van der Waals surface area (Å²) in [5, 5.41) is 4.53. The van der Waals surface area contributed by atoms with Gasteiger partial charge in [-0.05, 0) is 18.7 Å². The van der Waals surface area contributed by atoms with Crippen LogP contribution in [0.25, 0.3) is 0 Å². The molecule has 0 aliphatic rings. The van der Waals surface area contributed by atoms with E-state index in [0.717, 1.165) is 23.7 Å². The van der Waals surface area contributed by atoms with Gasteiger partial charge in [0.15, 0.2) is 0 Å². The van der Waals surface area contributed by atoms with Crippen LogP contribution < -0.4 is 10.1 Å². The summed E-state index contributed by atoms with van der Waals surface area (Å²) in [4.78, 5) is 4.20. The molecule has 0 bridgehead atoms.